The van der Waals surface area contributed by atoms with E-state index in [9.17, 15) is 4.79 Å². The Balaban J connectivity index is 1.28. The first-order valence-electron chi connectivity index (χ1n) is 9.31. The number of ether oxygens (including phenoxy) is 1. The number of hydrogen-bond acceptors (Lipinski definition) is 6. The third-order valence-corrected chi connectivity index (χ3v) is 4.50. The zero-order valence-corrected chi connectivity index (χ0v) is 15.6. The van der Waals surface area contributed by atoms with Gasteiger partial charge < -0.3 is 15.4 Å². The predicted octanol–water partition coefficient (Wildman–Crippen LogP) is 1.89. The van der Waals surface area contributed by atoms with Crippen LogP contribution in [0, 0.1) is 6.92 Å². The number of hydrogen-bond donors (Lipinski definition) is 2. The highest BCUT2D eigenvalue weighted by Gasteiger charge is 2.25. The van der Waals surface area contributed by atoms with Crippen LogP contribution in [0.3, 0.4) is 0 Å². The summed E-state index contributed by atoms with van der Waals surface area (Å²) in [6.45, 7) is 2.85. The summed E-state index contributed by atoms with van der Waals surface area (Å²) in [6, 6.07) is 11.5. The van der Waals surface area contributed by atoms with Crippen molar-refractivity contribution in [3.8, 4) is 11.6 Å². The van der Waals surface area contributed by atoms with Gasteiger partial charge in [0, 0.05) is 31.5 Å². The second kappa shape index (κ2) is 8.08. The molecule has 144 valence electrons. The summed E-state index contributed by atoms with van der Waals surface area (Å²) in [6.07, 6.45) is 4.62. The van der Waals surface area contributed by atoms with Crippen LogP contribution in [0.2, 0.25) is 0 Å². The van der Waals surface area contributed by atoms with Crippen LogP contribution in [0.5, 0.6) is 5.75 Å². The van der Waals surface area contributed by atoms with E-state index in [-0.39, 0.29) is 5.91 Å². The van der Waals surface area contributed by atoms with Crippen molar-refractivity contribution in [2.24, 2.45) is 0 Å². The third-order valence-electron chi connectivity index (χ3n) is 4.50. The molecule has 1 aromatic carbocycles. The monoisotopic (exact) mass is 378 g/mol. The van der Waals surface area contributed by atoms with Crippen LogP contribution in [0.25, 0.3) is 5.82 Å². The van der Waals surface area contributed by atoms with Crippen molar-refractivity contribution in [2.45, 2.75) is 25.9 Å². The van der Waals surface area contributed by atoms with Crippen molar-refractivity contribution < 1.29 is 9.53 Å². The normalized spacial score (nSPS) is 15.4. The summed E-state index contributed by atoms with van der Waals surface area (Å²) < 4.78 is 7.50. The van der Waals surface area contributed by atoms with Gasteiger partial charge in [0.1, 0.15) is 17.4 Å². The minimum atomic E-state index is -0.442. The molecule has 2 N–H and O–H groups in total. The van der Waals surface area contributed by atoms with Gasteiger partial charge in [-0.3, -0.25) is 4.79 Å². The molecule has 1 aliphatic heterocycles. The van der Waals surface area contributed by atoms with Gasteiger partial charge in [-0.15, -0.1) is 0 Å². The van der Waals surface area contributed by atoms with E-state index in [1.54, 1.807) is 10.9 Å². The second-order valence-corrected chi connectivity index (χ2v) is 6.58. The van der Waals surface area contributed by atoms with Crippen molar-refractivity contribution in [3.63, 3.8) is 0 Å². The van der Waals surface area contributed by atoms with E-state index in [1.807, 2.05) is 49.5 Å². The van der Waals surface area contributed by atoms with Crippen LogP contribution in [-0.2, 0) is 11.2 Å². The van der Waals surface area contributed by atoms with E-state index < -0.39 is 6.10 Å². The molecular formula is C20H22N6O2. The van der Waals surface area contributed by atoms with Crippen LogP contribution in [0.15, 0.2) is 48.8 Å². The highest BCUT2D eigenvalue weighted by molar-refractivity contribution is 5.81. The van der Waals surface area contributed by atoms with E-state index in [4.69, 9.17) is 4.74 Å². The van der Waals surface area contributed by atoms with Crippen molar-refractivity contribution in [1.29, 1.82) is 0 Å². The van der Waals surface area contributed by atoms with Gasteiger partial charge in [-0.05, 0) is 37.5 Å². The first-order valence-corrected chi connectivity index (χ1v) is 9.31. The lowest BCUT2D eigenvalue weighted by Crippen LogP contribution is -2.42. The van der Waals surface area contributed by atoms with E-state index in [1.165, 1.54) is 0 Å². The van der Waals surface area contributed by atoms with Crippen LogP contribution < -0.4 is 15.4 Å². The standard InChI is InChI=1S/C20H22N6O2/c1-14-24-18(13-19(25-14)26-12-4-9-23-26)21-10-11-22-20(27)17-8-7-15-5-2-3-6-16(15)28-17/h2-6,9,12-13,17H,7-8,10-11H2,1H3,(H,22,27)(H,21,24,25)/t17-/m0/s1. The number of carbonyl (C=O) groups excluding carboxylic acids is 1. The number of nitrogens with one attached hydrogen (secondary N) is 2. The molecule has 3 aromatic rings. The molecule has 1 amide bonds. The zero-order valence-electron chi connectivity index (χ0n) is 15.6. The summed E-state index contributed by atoms with van der Waals surface area (Å²) in [5.74, 6) is 2.74. The minimum Gasteiger partial charge on any atom is -0.480 e. The number of benzene rings is 1. The molecule has 0 bridgehead atoms. The van der Waals surface area contributed by atoms with Gasteiger partial charge in [0.05, 0.1) is 0 Å². The Kier molecular flexibility index (Phi) is 5.18. The number of carbonyl (C=O) groups is 1. The molecule has 0 saturated carbocycles. The molecule has 8 heteroatoms. The van der Waals surface area contributed by atoms with Crippen molar-refractivity contribution in [2.75, 3.05) is 18.4 Å². The quantitative estimate of drug-likeness (QED) is 0.636. The largest absolute Gasteiger partial charge is 0.480 e. The minimum absolute atomic E-state index is 0.0904. The highest BCUT2D eigenvalue weighted by Crippen LogP contribution is 2.26. The molecule has 0 aliphatic carbocycles. The van der Waals surface area contributed by atoms with Gasteiger partial charge in [-0.25, -0.2) is 14.6 Å². The van der Waals surface area contributed by atoms with Crippen LogP contribution in [0.1, 0.15) is 17.8 Å². The summed E-state index contributed by atoms with van der Waals surface area (Å²) in [4.78, 5) is 21.1. The first kappa shape index (κ1) is 18.0. The number of aromatic nitrogens is 4. The van der Waals surface area contributed by atoms with Crippen LogP contribution in [-0.4, -0.2) is 44.8 Å². The molecule has 2 aromatic heterocycles. The fraction of sp³-hybridized carbons (Fsp3) is 0.300. The highest BCUT2D eigenvalue weighted by atomic mass is 16.5. The van der Waals surface area contributed by atoms with E-state index >= 15 is 0 Å². The fourth-order valence-corrected chi connectivity index (χ4v) is 3.16. The van der Waals surface area contributed by atoms with E-state index in [2.05, 4.69) is 25.7 Å². The number of para-hydroxylation sites is 1. The number of aryl methyl sites for hydroxylation is 2. The number of nitrogens with zero attached hydrogens (tertiary/aromatic N) is 4. The maximum Gasteiger partial charge on any atom is 0.261 e. The van der Waals surface area contributed by atoms with Gasteiger partial charge in [0.2, 0.25) is 0 Å². The van der Waals surface area contributed by atoms with Crippen molar-refractivity contribution >= 4 is 11.7 Å². The Labute approximate surface area is 163 Å². The van der Waals surface area contributed by atoms with Crippen LogP contribution >= 0.6 is 0 Å². The van der Waals surface area contributed by atoms with Crippen molar-refractivity contribution in [1.82, 2.24) is 25.1 Å². The second-order valence-electron chi connectivity index (χ2n) is 6.58. The molecule has 8 nitrogen and oxygen atoms in total. The smallest absolute Gasteiger partial charge is 0.261 e. The van der Waals surface area contributed by atoms with Gasteiger partial charge in [-0.2, -0.15) is 5.10 Å². The summed E-state index contributed by atoms with van der Waals surface area (Å²) in [7, 11) is 0. The zero-order chi connectivity index (χ0) is 19.3. The molecule has 1 atom stereocenters. The Morgan fingerprint density at radius 3 is 3.00 bits per heavy atom. The first-order chi connectivity index (χ1) is 13.7. The molecule has 28 heavy (non-hydrogen) atoms. The summed E-state index contributed by atoms with van der Waals surface area (Å²) in [5, 5.41) is 10.3. The fourth-order valence-electron chi connectivity index (χ4n) is 3.16. The molecule has 0 radical (unpaired) electrons. The Bertz CT molecular complexity index is 957. The lowest BCUT2D eigenvalue weighted by atomic mass is 10.0. The molecule has 3 heterocycles. The maximum absolute atomic E-state index is 12.4. The molecule has 0 saturated heterocycles. The number of fused-ring (bicyclic) bond motifs is 1. The molecule has 0 spiro atoms. The molecule has 1 aliphatic rings. The molecular weight excluding hydrogens is 356 g/mol. The van der Waals surface area contributed by atoms with Gasteiger partial charge in [0.15, 0.2) is 11.9 Å². The van der Waals surface area contributed by atoms with E-state index in [0.29, 0.717) is 37.0 Å². The number of anilines is 1. The Hall–Kier alpha value is -3.42. The molecule has 0 unspecified atom stereocenters. The van der Waals surface area contributed by atoms with Crippen LogP contribution in [0.4, 0.5) is 5.82 Å². The lowest BCUT2D eigenvalue weighted by Gasteiger charge is -2.25. The van der Waals surface area contributed by atoms with Gasteiger partial charge in [0.25, 0.3) is 5.91 Å². The average molecular weight is 378 g/mol. The summed E-state index contributed by atoms with van der Waals surface area (Å²) >= 11 is 0. The molecule has 4 rings (SSSR count). The predicted molar refractivity (Wildman–Crippen MR) is 105 cm³/mol. The Morgan fingerprint density at radius 1 is 1.25 bits per heavy atom. The molecule has 0 fully saturated rings. The summed E-state index contributed by atoms with van der Waals surface area (Å²) in [5.41, 5.74) is 1.15. The van der Waals surface area contributed by atoms with Crippen molar-refractivity contribution in [3.05, 3.63) is 60.2 Å². The van der Waals surface area contributed by atoms with E-state index in [0.717, 1.165) is 17.7 Å². The topological polar surface area (TPSA) is 94.0 Å². The number of rotatable bonds is 6. The average Bonchev–Trinajstić information content (AvgIpc) is 3.25. The van der Waals surface area contributed by atoms with Gasteiger partial charge in [-0.1, -0.05) is 18.2 Å². The maximum atomic E-state index is 12.4. The third kappa shape index (κ3) is 4.11. The SMILES string of the molecule is Cc1nc(NCCNC(=O)[C@@H]2CCc3ccccc3O2)cc(-n2cccn2)n1. The number of amides is 1. The van der Waals surface area contributed by atoms with Gasteiger partial charge >= 0.3 is 0 Å². The Morgan fingerprint density at radius 2 is 2.14 bits per heavy atom. The lowest BCUT2D eigenvalue weighted by molar-refractivity contribution is -0.128.